The number of aliphatic carboxylic acids is 1. The summed E-state index contributed by atoms with van der Waals surface area (Å²) in [7, 11) is 0. The van der Waals surface area contributed by atoms with Crippen LogP contribution in [-0.2, 0) is 17.8 Å². The highest BCUT2D eigenvalue weighted by Gasteiger charge is 2.22. The Balaban J connectivity index is 2.14. The monoisotopic (exact) mass is 237 g/mol. The third-order valence-electron chi connectivity index (χ3n) is 2.94. The van der Waals surface area contributed by atoms with Crippen LogP contribution in [0.15, 0.2) is 6.20 Å². The maximum atomic E-state index is 11.9. The first kappa shape index (κ1) is 11.6. The summed E-state index contributed by atoms with van der Waals surface area (Å²) in [6.07, 6.45) is 4.45. The van der Waals surface area contributed by atoms with Crippen molar-refractivity contribution >= 4 is 11.9 Å². The van der Waals surface area contributed by atoms with Crippen LogP contribution in [0.3, 0.4) is 0 Å². The zero-order valence-corrected chi connectivity index (χ0v) is 9.64. The van der Waals surface area contributed by atoms with Gasteiger partial charge in [0.15, 0.2) is 0 Å². The fraction of sp³-hybridized carbons (Fsp3) is 0.545. The topological polar surface area (TPSA) is 84.2 Å². The van der Waals surface area contributed by atoms with E-state index in [9.17, 15) is 9.59 Å². The first-order valence-corrected chi connectivity index (χ1v) is 5.68. The molecule has 0 fully saturated rings. The molecule has 2 rings (SSSR count). The smallest absolute Gasteiger partial charge is 0.325 e. The second-order valence-corrected chi connectivity index (χ2v) is 4.22. The molecule has 0 saturated heterocycles. The molecule has 1 aromatic rings. The number of fused-ring (bicyclic) bond motifs is 1. The summed E-state index contributed by atoms with van der Waals surface area (Å²) in [6, 6.07) is -0.887. The predicted molar refractivity (Wildman–Crippen MR) is 59.7 cm³/mol. The van der Waals surface area contributed by atoms with Crippen molar-refractivity contribution in [3.8, 4) is 0 Å². The van der Waals surface area contributed by atoms with Crippen molar-refractivity contribution in [2.24, 2.45) is 0 Å². The van der Waals surface area contributed by atoms with Crippen molar-refractivity contribution in [3.05, 3.63) is 17.5 Å². The van der Waals surface area contributed by atoms with Crippen LogP contribution in [0, 0.1) is 0 Å². The minimum absolute atomic E-state index is 0.358. The Morgan fingerprint density at radius 1 is 1.53 bits per heavy atom. The number of aryl methyl sites for hydroxylation is 1. The lowest BCUT2D eigenvalue weighted by Gasteiger charge is -2.15. The molecule has 0 aromatic carbocycles. The van der Waals surface area contributed by atoms with E-state index in [4.69, 9.17) is 5.11 Å². The van der Waals surface area contributed by atoms with Crippen LogP contribution in [-0.4, -0.2) is 32.8 Å². The molecule has 1 aliphatic rings. The summed E-state index contributed by atoms with van der Waals surface area (Å²) in [5, 5.41) is 15.3. The summed E-state index contributed by atoms with van der Waals surface area (Å²) < 4.78 is 1.82. The number of hydrogen-bond donors (Lipinski definition) is 2. The van der Waals surface area contributed by atoms with E-state index in [1.165, 1.54) is 13.1 Å². The molecule has 0 spiro atoms. The normalized spacial score (nSPS) is 16.1. The first-order chi connectivity index (χ1) is 8.09. The highest BCUT2D eigenvalue weighted by Crippen LogP contribution is 2.17. The molecule has 2 heterocycles. The molecule has 2 N–H and O–H groups in total. The Bertz CT molecular complexity index is 453. The number of hydrogen-bond acceptors (Lipinski definition) is 3. The van der Waals surface area contributed by atoms with Gasteiger partial charge in [-0.05, 0) is 26.2 Å². The van der Waals surface area contributed by atoms with Crippen LogP contribution in [0.1, 0.15) is 35.8 Å². The molecule has 17 heavy (non-hydrogen) atoms. The number of nitrogens with zero attached hydrogens (tertiary/aromatic N) is 2. The number of amides is 1. The second kappa shape index (κ2) is 4.57. The van der Waals surface area contributed by atoms with Gasteiger partial charge in [0.25, 0.3) is 5.91 Å². The fourth-order valence-electron chi connectivity index (χ4n) is 1.95. The molecule has 1 aromatic heterocycles. The van der Waals surface area contributed by atoms with Crippen molar-refractivity contribution in [1.82, 2.24) is 15.1 Å². The number of aromatic nitrogens is 2. The van der Waals surface area contributed by atoms with E-state index >= 15 is 0 Å². The SMILES string of the molecule is CC(NC(=O)c1cnn2c1CCCC2)C(=O)O. The molecular weight excluding hydrogens is 222 g/mol. The Labute approximate surface area is 98.6 Å². The van der Waals surface area contributed by atoms with Gasteiger partial charge in [0.05, 0.1) is 17.5 Å². The van der Waals surface area contributed by atoms with Gasteiger partial charge in [-0.1, -0.05) is 0 Å². The number of carboxylic acids is 1. The standard InChI is InChI=1S/C11H15N3O3/c1-7(11(16)17)13-10(15)8-6-12-14-5-3-2-4-9(8)14/h6-7H,2-5H2,1H3,(H,13,15)(H,16,17). The molecular formula is C11H15N3O3. The van der Waals surface area contributed by atoms with Crippen LogP contribution in [0.5, 0.6) is 0 Å². The minimum Gasteiger partial charge on any atom is -0.480 e. The lowest BCUT2D eigenvalue weighted by molar-refractivity contribution is -0.138. The number of carbonyl (C=O) groups is 2. The second-order valence-electron chi connectivity index (χ2n) is 4.22. The van der Waals surface area contributed by atoms with E-state index in [1.807, 2.05) is 4.68 Å². The molecule has 6 nitrogen and oxygen atoms in total. The quantitative estimate of drug-likeness (QED) is 0.798. The third kappa shape index (κ3) is 2.30. The van der Waals surface area contributed by atoms with Gasteiger partial charge in [0, 0.05) is 6.54 Å². The molecule has 0 bridgehead atoms. The van der Waals surface area contributed by atoms with Crippen molar-refractivity contribution in [3.63, 3.8) is 0 Å². The predicted octanol–water partition coefficient (Wildman–Crippen LogP) is 0.422. The molecule has 1 aliphatic heterocycles. The molecule has 0 aliphatic carbocycles. The summed E-state index contributed by atoms with van der Waals surface area (Å²) in [4.78, 5) is 22.5. The largest absolute Gasteiger partial charge is 0.480 e. The van der Waals surface area contributed by atoms with Crippen molar-refractivity contribution in [1.29, 1.82) is 0 Å². The molecule has 92 valence electrons. The van der Waals surface area contributed by atoms with Crippen LogP contribution in [0.4, 0.5) is 0 Å². The number of carboxylic acid groups (broad SMARTS) is 1. The van der Waals surface area contributed by atoms with E-state index in [0.717, 1.165) is 31.5 Å². The lowest BCUT2D eigenvalue weighted by Crippen LogP contribution is -2.38. The average molecular weight is 237 g/mol. The molecule has 0 radical (unpaired) electrons. The average Bonchev–Trinajstić information content (AvgIpc) is 2.72. The van der Waals surface area contributed by atoms with Gasteiger partial charge in [-0.3, -0.25) is 14.3 Å². The number of carbonyl (C=O) groups excluding carboxylic acids is 1. The van der Waals surface area contributed by atoms with Crippen LogP contribution in [0.25, 0.3) is 0 Å². The summed E-state index contributed by atoms with van der Waals surface area (Å²) in [5.41, 5.74) is 1.41. The summed E-state index contributed by atoms with van der Waals surface area (Å²) >= 11 is 0. The van der Waals surface area contributed by atoms with Crippen LogP contribution >= 0.6 is 0 Å². The molecule has 1 atom stereocenters. The third-order valence-corrected chi connectivity index (χ3v) is 2.94. The van der Waals surface area contributed by atoms with Crippen LogP contribution < -0.4 is 5.32 Å². The van der Waals surface area contributed by atoms with Crippen LogP contribution in [0.2, 0.25) is 0 Å². The zero-order valence-electron chi connectivity index (χ0n) is 9.64. The maximum Gasteiger partial charge on any atom is 0.325 e. The first-order valence-electron chi connectivity index (χ1n) is 5.68. The molecule has 1 amide bonds. The van der Waals surface area contributed by atoms with E-state index < -0.39 is 12.0 Å². The number of rotatable bonds is 3. The van der Waals surface area contributed by atoms with Gasteiger partial charge >= 0.3 is 5.97 Å². The van der Waals surface area contributed by atoms with Gasteiger partial charge in [-0.2, -0.15) is 5.10 Å². The van der Waals surface area contributed by atoms with Crippen molar-refractivity contribution in [2.75, 3.05) is 0 Å². The Morgan fingerprint density at radius 3 is 3.00 bits per heavy atom. The summed E-state index contributed by atoms with van der Waals surface area (Å²) in [6.45, 7) is 2.27. The van der Waals surface area contributed by atoms with Crippen molar-refractivity contribution < 1.29 is 14.7 Å². The fourth-order valence-corrected chi connectivity index (χ4v) is 1.95. The lowest BCUT2D eigenvalue weighted by atomic mass is 10.1. The number of nitrogens with one attached hydrogen (secondary N) is 1. The highest BCUT2D eigenvalue weighted by molar-refractivity contribution is 5.97. The molecule has 1 unspecified atom stereocenters. The van der Waals surface area contributed by atoms with Gasteiger partial charge in [-0.25, -0.2) is 0 Å². The Hall–Kier alpha value is -1.85. The van der Waals surface area contributed by atoms with Gasteiger partial charge < -0.3 is 10.4 Å². The van der Waals surface area contributed by atoms with E-state index in [2.05, 4.69) is 10.4 Å². The van der Waals surface area contributed by atoms with E-state index in [0.29, 0.717) is 5.56 Å². The molecule has 6 heteroatoms. The Kier molecular flexibility index (Phi) is 3.12. The summed E-state index contributed by atoms with van der Waals surface area (Å²) in [5.74, 6) is -1.40. The van der Waals surface area contributed by atoms with Gasteiger partial charge in [-0.15, -0.1) is 0 Å². The zero-order chi connectivity index (χ0) is 12.4. The molecule has 0 saturated carbocycles. The van der Waals surface area contributed by atoms with E-state index in [1.54, 1.807) is 0 Å². The van der Waals surface area contributed by atoms with Crippen molar-refractivity contribution in [2.45, 2.75) is 38.8 Å². The maximum absolute atomic E-state index is 11.9. The van der Waals surface area contributed by atoms with Gasteiger partial charge in [0.2, 0.25) is 0 Å². The van der Waals surface area contributed by atoms with E-state index in [-0.39, 0.29) is 5.91 Å². The highest BCUT2D eigenvalue weighted by atomic mass is 16.4. The minimum atomic E-state index is -1.04. The van der Waals surface area contributed by atoms with Gasteiger partial charge in [0.1, 0.15) is 6.04 Å². The Morgan fingerprint density at radius 2 is 2.29 bits per heavy atom.